The van der Waals surface area contributed by atoms with Crippen molar-refractivity contribution in [3.05, 3.63) is 35.4 Å². The molecule has 1 aromatic rings. The summed E-state index contributed by atoms with van der Waals surface area (Å²) in [5.74, 6) is 0.729. The van der Waals surface area contributed by atoms with Crippen LogP contribution in [0.2, 0.25) is 0 Å². The van der Waals surface area contributed by atoms with Gasteiger partial charge in [-0.15, -0.1) is 0 Å². The van der Waals surface area contributed by atoms with E-state index < -0.39 is 0 Å². The highest BCUT2D eigenvalue weighted by molar-refractivity contribution is 5.26. The summed E-state index contributed by atoms with van der Waals surface area (Å²) in [6.07, 6.45) is 7.83. The van der Waals surface area contributed by atoms with E-state index in [9.17, 15) is 0 Å². The van der Waals surface area contributed by atoms with Crippen molar-refractivity contribution in [2.45, 2.75) is 72.3 Å². The first-order valence-corrected chi connectivity index (χ1v) is 8.49. The first-order chi connectivity index (χ1) is 9.67. The second-order valence-corrected chi connectivity index (χ2v) is 6.30. The maximum Gasteiger partial charge on any atom is 0.0320 e. The second-order valence-electron chi connectivity index (χ2n) is 6.30. The minimum Gasteiger partial charge on any atom is -0.310 e. The van der Waals surface area contributed by atoms with Crippen LogP contribution in [-0.4, -0.2) is 6.54 Å². The third-order valence-corrected chi connectivity index (χ3v) is 3.79. The predicted molar refractivity (Wildman–Crippen MR) is 90.2 cm³/mol. The summed E-state index contributed by atoms with van der Waals surface area (Å²) in [6, 6.07) is 9.72. The fourth-order valence-corrected chi connectivity index (χ4v) is 2.82. The molecule has 0 saturated carbocycles. The number of unbranched alkanes of at least 4 members (excludes halogenated alkanes) is 3. The van der Waals surface area contributed by atoms with Crippen LogP contribution < -0.4 is 5.32 Å². The molecule has 0 radical (unpaired) electrons. The van der Waals surface area contributed by atoms with Crippen molar-refractivity contribution in [1.29, 1.82) is 0 Å². The van der Waals surface area contributed by atoms with Gasteiger partial charge in [-0.25, -0.2) is 0 Å². The minimum atomic E-state index is 0.531. The molecule has 0 spiro atoms. The number of benzene rings is 1. The quantitative estimate of drug-likeness (QED) is 0.555. The zero-order valence-corrected chi connectivity index (χ0v) is 13.9. The van der Waals surface area contributed by atoms with Crippen LogP contribution in [0.3, 0.4) is 0 Å². The molecule has 0 aliphatic heterocycles. The van der Waals surface area contributed by atoms with Crippen LogP contribution in [0.15, 0.2) is 24.3 Å². The summed E-state index contributed by atoms with van der Waals surface area (Å²) >= 11 is 0. The lowest BCUT2D eigenvalue weighted by Crippen LogP contribution is -2.21. The van der Waals surface area contributed by atoms with E-state index in [1.807, 2.05) is 0 Å². The summed E-state index contributed by atoms with van der Waals surface area (Å²) in [6.45, 7) is 10.1. The molecule has 20 heavy (non-hydrogen) atoms. The van der Waals surface area contributed by atoms with Crippen molar-refractivity contribution in [3.8, 4) is 0 Å². The Morgan fingerprint density at radius 1 is 1.05 bits per heavy atom. The summed E-state index contributed by atoms with van der Waals surface area (Å²) in [4.78, 5) is 0. The molecule has 114 valence electrons. The first-order valence-electron chi connectivity index (χ1n) is 8.49. The Hall–Kier alpha value is -0.820. The van der Waals surface area contributed by atoms with E-state index in [1.165, 1.54) is 49.7 Å². The molecular weight excluding hydrogens is 242 g/mol. The lowest BCUT2D eigenvalue weighted by Gasteiger charge is -2.19. The van der Waals surface area contributed by atoms with Gasteiger partial charge >= 0.3 is 0 Å². The molecule has 0 heterocycles. The summed E-state index contributed by atoms with van der Waals surface area (Å²) in [5.41, 5.74) is 2.95. The van der Waals surface area contributed by atoms with Crippen molar-refractivity contribution >= 4 is 0 Å². The van der Waals surface area contributed by atoms with Gasteiger partial charge in [-0.2, -0.15) is 0 Å². The van der Waals surface area contributed by atoms with Crippen LogP contribution in [0.25, 0.3) is 0 Å². The molecule has 1 N–H and O–H groups in total. The molecule has 1 heteroatoms. The van der Waals surface area contributed by atoms with Crippen LogP contribution in [0, 0.1) is 5.92 Å². The molecule has 1 aromatic carbocycles. The molecule has 0 amide bonds. The Balaban J connectivity index is 2.64. The van der Waals surface area contributed by atoms with Gasteiger partial charge < -0.3 is 5.32 Å². The Labute approximate surface area is 126 Å². The van der Waals surface area contributed by atoms with Crippen LogP contribution in [0.5, 0.6) is 0 Å². The summed E-state index contributed by atoms with van der Waals surface area (Å²) in [5, 5.41) is 3.66. The van der Waals surface area contributed by atoms with E-state index in [0.717, 1.165) is 12.5 Å². The van der Waals surface area contributed by atoms with Crippen LogP contribution in [0.1, 0.15) is 77.0 Å². The molecule has 1 atom stereocenters. The normalized spacial score (nSPS) is 12.8. The molecule has 1 nitrogen and oxygen atoms in total. The van der Waals surface area contributed by atoms with Crippen molar-refractivity contribution in [2.24, 2.45) is 5.92 Å². The molecule has 0 aromatic heterocycles. The van der Waals surface area contributed by atoms with Gasteiger partial charge in [0.2, 0.25) is 0 Å². The number of rotatable bonds is 10. The Kier molecular flexibility index (Phi) is 8.60. The maximum absolute atomic E-state index is 3.66. The van der Waals surface area contributed by atoms with Gasteiger partial charge in [0, 0.05) is 6.04 Å². The van der Waals surface area contributed by atoms with Crippen molar-refractivity contribution in [3.63, 3.8) is 0 Å². The van der Waals surface area contributed by atoms with E-state index in [1.54, 1.807) is 0 Å². The molecule has 0 saturated heterocycles. The van der Waals surface area contributed by atoms with Crippen molar-refractivity contribution in [1.82, 2.24) is 5.32 Å². The number of hydrogen-bond donors (Lipinski definition) is 1. The van der Waals surface area contributed by atoms with Gasteiger partial charge in [0.05, 0.1) is 0 Å². The van der Waals surface area contributed by atoms with Gasteiger partial charge in [0.25, 0.3) is 0 Å². The Bertz CT molecular complexity index is 357. The lowest BCUT2D eigenvalue weighted by atomic mass is 9.95. The molecule has 0 aliphatic rings. The highest BCUT2D eigenvalue weighted by Crippen LogP contribution is 2.22. The third kappa shape index (κ3) is 6.56. The van der Waals surface area contributed by atoms with Crippen molar-refractivity contribution < 1.29 is 0 Å². The first kappa shape index (κ1) is 17.2. The smallest absolute Gasteiger partial charge is 0.0320 e. The second kappa shape index (κ2) is 9.99. The van der Waals surface area contributed by atoms with Gasteiger partial charge in [-0.3, -0.25) is 0 Å². The van der Waals surface area contributed by atoms with E-state index in [-0.39, 0.29) is 0 Å². The van der Waals surface area contributed by atoms with Crippen LogP contribution in [-0.2, 0) is 6.42 Å². The van der Waals surface area contributed by atoms with E-state index in [4.69, 9.17) is 0 Å². The maximum atomic E-state index is 3.66. The highest BCUT2D eigenvalue weighted by atomic mass is 14.9. The average Bonchev–Trinajstić information content (AvgIpc) is 2.42. The monoisotopic (exact) mass is 275 g/mol. The minimum absolute atomic E-state index is 0.531. The van der Waals surface area contributed by atoms with E-state index in [0.29, 0.717) is 6.04 Å². The predicted octanol–water partition coefficient (Wildman–Crippen LogP) is 5.51. The molecule has 1 unspecified atom stereocenters. The van der Waals surface area contributed by atoms with Gasteiger partial charge in [-0.1, -0.05) is 77.6 Å². The summed E-state index contributed by atoms with van der Waals surface area (Å²) in [7, 11) is 0. The van der Waals surface area contributed by atoms with Crippen molar-refractivity contribution in [2.75, 3.05) is 6.54 Å². The standard InChI is InChI=1S/C19H33N/c1-5-7-8-9-13-19(20-6-2)18-12-10-11-17(15-18)14-16(3)4/h10-12,15-16,19-20H,5-9,13-14H2,1-4H3. The Morgan fingerprint density at radius 3 is 2.50 bits per heavy atom. The van der Waals surface area contributed by atoms with Gasteiger partial charge in [0.1, 0.15) is 0 Å². The molecule has 0 bridgehead atoms. The third-order valence-electron chi connectivity index (χ3n) is 3.79. The summed E-state index contributed by atoms with van der Waals surface area (Å²) < 4.78 is 0. The van der Waals surface area contributed by atoms with E-state index in [2.05, 4.69) is 57.3 Å². The largest absolute Gasteiger partial charge is 0.310 e. The zero-order valence-electron chi connectivity index (χ0n) is 13.9. The molecule has 1 rings (SSSR count). The average molecular weight is 275 g/mol. The van der Waals surface area contributed by atoms with Crippen LogP contribution >= 0.6 is 0 Å². The molecule has 0 fully saturated rings. The fourth-order valence-electron chi connectivity index (χ4n) is 2.82. The van der Waals surface area contributed by atoms with E-state index >= 15 is 0 Å². The Morgan fingerprint density at radius 2 is 1.85 bits per heavy atom. The fraction of sp³-hybridized carbons (Fsp3) is 0.684. The van der Waals surface area contributed by atoms with Crippen LogP contribution in [0.4, 0.5) is 0 Å². The lowest BCUT2D eigenvalue weighted by molar-refractivity contribution is 0.481. The molecular formula is C19H33N. The zero-order chi connectivity index (χ0) is 14.8. The van der Waals surface area contributed by atoms with Gasteiger partial charge in [0.15, 0.2) is 0 Å². The van der Waals surface area contributed by atoms with Gasteiger partial charge in [-0.05, 0) is 36.4 Å². The topological polar surface area (TPSA) is 12.0 Å². The SMILES string of the molecule is CCCCCCC(NCC)c1cccc(CC(C)C)c1. The number of hydrogen-bond acceptors (Lipinski definition) is 1. The molecule has 0 aliphatic carbocycles. The number of nitrogens with one attached hydrogen (secondary N) is 1. The highest BCUT2D eigenvalue weighted by Gasteiger charge is 2.10.